The van der Waals surface area contributed by atoms with Crippen LogP contribution in [0.15, 0.2) is 10.5 Å². The predicted molar refractivity (Wildman–Crippen MR) is 61.1 cm³/mol. The van der Waals surface area contributed by atoms with E-state index in [1.165, 1.54) is 7.11 Å². The summed E-state index contributed by atoms with van der Waals surface area (Å²) in [6.07, 6.45) is 0. The van der Waals surface area contributed by atoms with Crippen LogP contribution in [0.5, 0.6) is 11.5 Å². The molecular weight excluding hydrogens is 262 g/mol. The van der Waals surface area contributed by atoms with E-state index in [0.29, 0.717) is 21.3 Å². The van der Waals surface area contributed by atoms with E-state index in [1.807, 2.05) is 0 Å². The van der Waals surface area contributed by atoms with E-state index in [-0.39, 0.29) is 12.4 Å². The Labute approximate surface area is 96.8 Å². The molecule has 4 N–H and O–H groups in total. The van der Waals surface area contributed by atoms with Crippen molar-refractivity contribution in [2.24, 2.45) is 5.73 Å². The monoisotopic (exact) mass is 275 g/mol. The first kappa shape index (κ1) is 12.3. The number of hydrogen-bond donors (Lipinski definition) is 3. The van der Waals surface area contributed by atoms with Gasteiger partial charge in [0.05, 0.1) is 19.8 Å². The third kappa shape index (κ3) is 2.25. The van der Waals surface area contributed by atoms with Gasteiger partial charge < -0.3 is 20.7 Å². The zero-order valence-electron chi connectivity index (χ0n) is 8.62. The highest BCUT2D eigenvalue weighted by molar-refractivity contribution is 9.10. The number of ether oxygens (including phenoxy) is 1. The van der Waals surface area contributed by atoms with Crippen LogP contribution in [0.2, 0.25) is 0 Å². The molecule has 0 spiro atoms. The summed E-state index contributed by atoms with van der Waals surface area (Å²) in [4.78, 5) is 0. The molecule has 5 heteroatoms. The number of phenolic OH excluding ortho intramolecular Hbond substituents is 1. The number of nitrogens with two attached hydrogens (primary N) is 1. The van der Waals surface area contributed by atoms with Crippen molar-refractivity contribution in [1.29, 1.82) is 0 Å². The molecule has 0 radical (unpaired) electrons. The van der Waals surface area contributed by atoms with Gasteiger partial charge in [0.15, 0.2) is 0 Å². The molecule has 0 aliphatic heterocycles. The van der Waals surface area contributed by atoms with Gasteiger partial charge in [-0.05, 0) is 34.5 Å². The second kappa shape index (κ2) is 4.83. The fourth-order valence-corrected chi connectivity index (χ4v) is 2.06. The standard InChI is InChI=1S/C10H14BrNO3/c1-5-3-6(7(12)4-13)10(15-2)8(11)9(5)14/h3,7,13-14H,4,12H2,1-2H3. The van der Waals surface area contributed by atoms with Crippen LogP contribution in [0.3, 0.4) is 0 Å². The first-order valence-corrected chi connectivity index (χ1v) is 5.24. The Balaban J connectivity index is 3.38. The SMILES string of the molecule is COc1c(C(N)CO)cc(C)c(O)c1Br. The maximum absolute atomic E-state index is 9.67. The molecule has 0 aromatic heterocycles. The molecular formula is C10H14BrNO3. The van der Waals surface area contributed by atoms with E-state index in [4.69, 9.17) is 15.6 Å². The van der Waals surface area contributed by atoms with Crippen LogP contribution in [0.4, 0.5) is 0 Å². The summed E-state index contributed by atoms with van der Waals surface area (Å²) < 4.78 is 5.60. The molecule has 1 rings (SSSR count). The number of aliphatic hydroxyl groups is 1. The second-order valence-corrected chi connectivity index (χ2v) is 4.06. The van der Waals surface area contributed by atoms with Crippen molar-refractivity contribution in [2.45, 2.75) is 13.0 Å². The smallest absolute Gasteiger partial charge is 0.141 e. The molecule has 0 saturated heterocycles. The molecule has 4 nitrogen and oxygen atoms in total. The Morgan fingerprint density at radius 1 is 1.60 bits per heavy atom. The zero-order chi connectivity index (χ0) is 11.6. The highest BCUT2D eigenvalue weighted by Crippen LogP contribution is 2.40. The number of aryl methyl sites for hydroxylation is 1. The summed E-state index contributed by atoms with van der Waals surface area (Å²) in [5, 5.41) is 18.7. The van der Waals surface area contributed by atoms with Gasteiger partial charge in [-0.25, -0.2) is 0 Å². The van der Waals surface area contributed by atoms with E-state index >= 15 is 0 Å². The Hall–Kier alpha value is -0.780. The summed E-state index contributed by atoms with van der Waals surface area (Å²) in [7, 11) is 1.49. The Kier molecular flexibility index (Phi) is 3.96. The van der Waals surface area contributed by atoms with Crippen LogP contribution < -0.4 is 10.5 Å². The molecule has 1 aromatic rings. The molecule has 15 heavy (non-hydrogen) atoms. The van der Waals surface area contributed by atoms with Gasteiger partial charge in [-0.2, -0.15) is 0 Å². The summed E-state index contributed by atoms with van der Waals surface area (Å²) in [5.74, 6) is 0.584. The minimum absolute atomic E-state index is 0.126. The normalized spacial score (nSPS) is 12.6. The summed E-state index contributed by atoms with van der Waals surface area (Å²) in [6.45, 7) is 1.58. The second-order valence-electron chi connectivity index (χ2n) is 3.27. The van der Waals surface area contributed by atoms with Gasteiger partial charge in [-0.1, -0.05) is 0 Å². The van der Waals surface area contributed by atoms with Crippen LogP contribution in [0.25, 0.3) is 0 Å². The number of hydrogen-bond acceptors (Lipinski definition) is 4. The van der Waals surface area contributed by atoms with Crippen molar-refractivity contribution >= 4 is 15.9 Å². The van der Waals surface area contributed by atoms with Crippen molar-refractivity contribution in [3.05, 3.63) is 21.7 Å². The zero-order valence-corrected chi connectivity index (χ0v) is 10.2. The fraction of sp³-hybridized carbons (Fsp3) is 0.400. The average Bonchev–Trinajstić information content (AvgIpc) is 2.24. The molecule has 0 heterocycles. The van der Waals surface area contributed by atoms with Gasteiger partial charge in [0.25, 0.3) is 0 Å². The molecule has 1 aromatic carbocycles. The van der Waals surface area contributed by atoms with Gasteiger partial charge in [-0.3, -0.25) is 0 Å². The van der Waals surface area contributed by atoms with Gasteiger partial charge in [0.2, 0.25) is 0 Å². The topological polar surface area (TPSA) is 75.7 Å². The van der Waals surface area contributed by atoms with Gasteiger partial charge in [-0.15, -0.1) is 0 Å². The van der Waals surface area contributed by atoms with Crippen LogP contribution in [0, 0.1) is 6.92 Å². The average molecular weight is 276 g/mol. The predicted octanol–water partition coefficient (Wildman–Crippen LogP) is 1.46. The number of phenols is 1. The lowest BCUT2D eigenvalue weighted by molar-refractivity contribution is 0.264. The first-order chi connectivity index (χ1) is 7.02. The van der Waals surface area contributed by atoms with Crippen LogP contribution >= 0.6 is 15.9 Å². The van der Waals surface area contributed by atoms with Crippen molar-refractivity contribution in [3.8, 4) is 11.5 Å². The van der Waals surface area contributed by atoms with Gasteiger partial charge >= 0.3 is 0 Å². The van der Waals surface area contributed by atoms with Crippen LogP contribution in [-0.4, -0.2) is 23.9 Å². The maximum atomic E-state index is 9.67. The molecule has 84 valence electrons. The molecule has 1 atom stereocenters. The number of benzene rings is 1. The molecule has 0 saturated carbocycles. The largest absolute Gasteiger partial charge is 0.506 e. The summed E-state index contributed by atoms with van der Waals surface area (Å²) >= 11 is 3.23. The number of aromatic hydroxyl groups is 1. The minimum atomic E-state index is -0.518. The Morgan fingerprint density at radius 2 is 2.20 bits per heavy atom. The van der Waals surface area contributed by atoms with E-state index in [9.17, 15) is 5.11 Å². The van der Waals surface area contributed by atoms with Gasteiger partial charge in [0, 0.05) is 5.56 Å². The number of halogens is 1. The van der Waals surface area contributed by atoms with Gasteiger partial charge in [0.1, 0.15) is 16.0 Å². The van der Waals surface area contributed by atoms with E-state index in [2.05, 4.69) is 15.9 Å². The number of methoxy groups -OCH3 is 1. The van der Waals surface area contributed by atoms with Crippen molar-refractivity contribution in [3.63, 3.8) is 0 Å². The summed E-state index contributed by atoms with van der Waals surface area (Å²) in [6, 6.07) is 1.19. The summed E-state index contributed by atoms with van der Waals surface area (Å²) in [5.41, 5.74) is 7.08. The molecule has 1 unspecified atom stereocenters. The quantitative estimate of drug-likeness (QED) is 0.781. The van der Waals surface area contributed by atoms with Crippen molar-refractivity contribution in [2.75, 3.05) is 13.7 Å². The third-order valence-corrected chi connectivity index (χ3v) is 2.95. The lowest BCUT2D eigenvalue weighted by Gasteiger charge is -2.17. The van der Waals surface area contributed by atoms with Crippen molar-refractivity contribution in [1.82, 2.24) is 0 Å². The molecule has 0 amide bonds. The highest BCUT2D eigenvalue weighted by Gasteiger charge is 2.18. The molecule has 0 aliphatic rings. The van der Waals surface area contributed by atoms with Crippen LogP contribution in [-0.2, 0) is 0 Å². The Morgan fingerprint density at radius 3 is 2.67 bits per heavy atom. The first-order valence-electron chi connectivity index (χ1n) is 4.45. The lowest BCUT2D eigenvalue weighted by atomic mass is 10.0. The van der Waals surface area contributed by atoms with E-state index < -0.39 is 6.04 Å². The molecule has 0 bridgehead atoms. The molecule has 0 fully saturated rings. The third-order valence-electron chi connectivity index (χ3n) is 2.22. The molecule has 0 aliphatic carbocycles. The van der Waals surface area contributed by atoms with E-state index in [0.717, 1.165) is 0 Å². The van der Waals surface area contributed by atoms with E-state index in [1.54, 1.807) is 13.0 Å². The van der Waals surface area contributed by atoms with Crippen molar-refractivity contribution < 1.29 is 14.9 Å². The lowest BCUT2D eigenvalue weighted by Crippen LogP contribution is -2.16. The highest BCUT2D eigenvalue weighted by atomic mass is 79.9. The maximum Gasteiger partial charge on any atom is 0.141 e. The minimum Gasteiger partial charge on any atom is -0.506 e. The van der Waals surface area contributed by atoms with Crippen LogP contribution in [0.1, 0.15) is 17.2 Å². The number of aliphatic hydroxyl groups excluding tert-OH is 1. The fourth-order valence-electron chi connectivity index (χ4n) is 1.36. The number of rotatable bonds is 3. The Bertz CT molecular complexity index is 368.